The number of rotatable bonds is 9. The fraction of sp³-hybridized carbons (Fsp3) is 0.240. The maximum absolute atomic E-state index is 13.6. The van der Waals surface area contributed by atoms with Gasteiger partial charge in [-0.25, -0.2) is 8.42 Å². The van der Waals surface area contributed by atoms with Crippen molar-refractivity contribution >= 4 is 31.4 Å². The molecule has 0 saturated carbocycles. The lowest BCUT2D eigenvalue weighted by atomic mass is 9.99. The summed E-state index contributed by atoms with van der Waals surface area (Å²) in [5.74, 6) is 1.17. The molecule has 9 nitrogen and oxygen atoms in total. The molecule has 1 aliphatic heterocycles. The first-order valence-corrected chi connectivity index (χ1v) is 14.3. The molecule has 1 atom stereocenters. The molecule has 0 saturated heterocycles. The van der Waals surface area contributed by atoms with Gasteiger partial charge in [-0.1, -0.05) is 24.3 Å². The highest BCUT2D eigenvalue weighted by atomic mass is 32.2. The molecule has 0 unspecified atom stereocenters. The number of hydrazone groups is 1. The summed E-state index contributed by atoms with van der Waals surface area (Å²) >= 11 is 0. The van der Waals surface area contributed by atoms with Crippen LogP contribution >= 0.6 is 0 Å². The van der Waals surface area contributed by atoms with E-state index in [1.165, 1.54) is 19.2 Å². The van der Waals surface area contributed by atoms with Crippen LogP contribution in [0.1, 0.15) is 30.5 Å². The topological polar surface area (TPSA) is 114 Å². The number of nitrogens with one attached hydrogen (secondary N) is 1. The first-order valence-electron chi connectivity index (χ1n) is 11.2. The van der Waals surface area contributed by atoms with Crippen molar-refractivity contribution < 1.29 is 26.3 Å². The molecule has 1 heterocycles. The molecular weight excluding hydrogens is 502 g/mol. The Morgan fingerprint density at radius 1 is 0.861 bits per heavy atom. The van der Waals surface area contributed by atoms with Crippen LogP contribution in [0.3, 0.4) is 0 Å². The van der Waals surface area contributed by atoms with Crippen LogP contribution in [0.25, 0.3) is 0 Å². The number of benzene rings is 3. The number of sulfonamides is 2. The summed E-state index contributed by atoms with van der Waals surface area (Å²) in [4.78, 5) is 0.0936. The molecular formula is C25H27N3O6S2. The smallest absolute Gasteiger partial charge is 0.279 e. The van der Waals surface area contributed by atoms with Crippen molar-refractivity contribution in [2.24, 2.45) is 5.10 Å². The Morgan fingerprint density at radius 2 is 1.42 bits per heavy atom. The molecule has 1 N–H and O–H groups in total. The molecule has 36 heavy (non-hydrogen) atoms. The van der Waals surface area contributed by atoms with Crippen LogP contribution in [0.2, 0.25) is 0 Å². The molecule has 0 spiro atoms. The van der Waals surface area contributed by atoms with Crippen molar-refractivity contribution in [3.8, 4) is 11.5 Å². The molecule has 0 bridgehead atoms. The highest BCUT2D eigenvalue weighted by Crippen LogP contribution is 2.38. The van der Waals surface area contributed by atoms with Crippen molar-refractivity contribution in [1.82, 2.24) is 4.41 Å². The maximum atomic E-state index is 13.6. The Morgan fingerprint density at radius 3 is 1.94 bits per heavy atom. The van der Waals surface area contributed by atoms with Gasteiger partial charge in [0.15, 0.2) is 0 Å². The number of hydrogen-bond donors (Lipinski definition) is 1. The van der Waals surface area contributed by atoms with Crippen molar-refractivity contribution in [3.63, 3.8) is 0 Å². The van der Waals surface area contributed by atoms with Crippen LogP contribution in [-0.2, 0) is 20.0 Å². The summed E-state index contributed by atoms with van der Waals surface area (Å²) in [5.41, 5.74) is 2.45. The van der Waals surface area contributed by atoms with Gasteiger partial charge in [-0.15, -0.1) is 0 Å². The Labute approximate surface area is 211 Å². The minimum atomic E-state index is -3.99. The summed E-state index contributed by atoms with van der Waals surface area (Å²) in [5, 5.41) is 4.53. The number of anilines is 1. The Kier molecular flexibility index (Phi) is 7.23. The molecule has 0 amide bonds. The van der Waals surface area contributed by atoms with Crippen molar-refractivity contribution in [2.75, 3.05) is 24.7 Å². The summed E-state index contributed by atoms with van der Waals surface area (Å²) < 4.78 is 65.0. The highest BCUT2D eigenvalue weighted by molar-refractivity contribution is 7.92. The van der Waals surface area contributed by atoms with E-state index in [1.807, 2.05) is 12.1 Å². The normalized spacial score (nSPS) is 15.9. The fourth-order valence-electron chi connectivity index (χ4n) is 3.80. The summed E-state index contributed by atoms with van der Waals surface area (Å²) in [6.45, 7) is 1.56. The van der Waals surface area contributed by atoms with Gasteiger partial charge in [-0.2, -0.15) is 17.9 Å². The minimum Gasteiger partial charge on any atom is -0.497 e. The van der Waals surface area contributed by atoms with Gasteiger partial charge in [0.05, 0.1) is 36.6 Å². The lowest BCUT2D eigenvalue weighted by Gasteiger charge is -2.23. The zero-order chi connectivity index (χ0) is 25.9. The van der Waals surface area contributed by atoms with Gasteiger partial charge in [0.2, 0.25) is 10.0 Å². The predicted octanol–water partition coefficient (Wildman–Crippen LogP) is 4.01. The lowest BCUT2D eigenvalue weighted by molar-refractivity contribution is 0.370. The van der Waals surface area contributed by atoms with E-state index in [9.17, 15) is 16.8 Å². The minimum absolute atomic E-state index is 0.0385. The third-order valence-corrected chi connectivity index (χ3v) is 8.85. The van der Waals surface area contributed by atoms with Gasteiger partial charge < -0.3 is 9.47 Å². The average molecular weight is 530 g/mol. The molecule has 4 rings (SSSR count). The standard InChI is InChI=1S/C25H27N3O6S2/c1-4-35(29,30)27-20-9-5-18(6-10-20)24-17-25(19-7-11-21(33-2)12-8-19)28(26-24)36(31,32)23-15-13-22(34-3)14-16-23/h5-16,25,27H,4,17H2,1-3H3/t25-/m1/s1. The molecule has 0 aliphatic carbocycles. The largest absolute Gasteiger partial charge is 0.497 e. The Hall–Kier alpha value is -3.57. The molecule has 0 aromatic heterocycles. The zero-order valence-corrected chi connectivity index (χ0v) is 21.7. The summed E-state index contributed by atoms with van der Waals surface area (Å²) in [6, 6.07) is 19.5. The SMILES string of the molecule is CCS(=O)(=O)Nc1ccc(C2=NN(S(=O)(=O)c3ccc(OC)cc3)[C@@H](c3ccc(OC)cc3)C2)cc1. The van der Waals surface area contributed by atoms with Crippen LogP contribution in [0.4, 0.5) is 5.69 Å². The first kappa shape index (κ1) is 25.5. The fourth-order valence-corrected chi connectivity index (χ4v) is 5.87. The molecule has 0 fully saturated rings. The van der Waals surface area contributed by atoms with Crippen LogP contribution in [0.5, 0.6) is 11.5 Å². The zero-order valence-electron chi connectivity index (χ0n) is 20.1. The van der Waals surface area contributed by atoms with Crippen LogP contribution in [0, 0.1) is 0 Å². The summed E-state index contributed by atoms with van der Waals surface area (Å²) in [6.07, 6.45) is 0.335. The summed E-state index contributed by atoms with van der Waals surface area (Å²) in [7, 11) is -4.31. The van der Waals surface area contributed by atoms with E-state index < -0.39 is 26.1 Å². The van der Waals surface area contributed by atoms with Gasteiger partial charge >= 0.3 is 0 Å². The van der Waals surface area contributed by atoms with Crippen molar-refractivity contribution in [1.29, 1.82) is 0 Å². The highest BCUT2D eigenvalue weighted by Gasteiger charge is 2.37. The molecule has 1 aliphatic rings. The van der Waals surface area contributed by atoms with Gasteiger partial charge in [0, 0.05) is 12.1 Å². The molecule has 3 aromatic rings. The third-order valence-electron chi connectivity index (χ3n) is 5.85. The van der Waals surface area contributed by atoms with E-state index >= 15 is 0 Å². The van der Waals surface area contributed by atoms with E-state index in [4.69, 9.17) is 9.47 Å². The Balaban J connectivity index is 1.71. The van der Waals surface area contributed by atoms with E-state index in [0.29, 0.717) is 34.9 Å². The van der Waals surface area contributed by atoms with Gasteiger partial charge in [0.25, 0.3) is 10.0 Å². The lowest BCUT2D eigenvalue weighted by Crippen LogP contribution is -2.27. The maximum Gasteiger partial charge on any atom is 0.279 e. The predicted molar refractivity (Wildman–Crippen MR) is 138 cm³/mol. The van der Waals surface area contributed by atoms with Crippen molar-refractivity contribution in [2.45, 2.75) is 24.3 Å². The second-order valence-corrected chi connectivity index (χ2v) is 11.9. The van der Waals surface area contributed by atoms with Crippen LogP contribution in [-0.4, -0.2) is 46.9 Å². The molecule has 3 aromatic carbocycles. The average Bonchev–Trinajstić information content (AvgIpc) is 3.35. The monoisotopic (exact) mass is 529 g/mol. The van der Waals surface area contributed by atoms with Gasteiger partial charge in [0.1, 0.15) is 11.5 Å². The van der Waals surface area contributed by atoms with Crippen LogP contribution < -0.4 is 14.2 Å². The molecule has 0 radical (unpaired) electrons. The van der Waals surface area contributed by atoms with E-state index in [0.717, 1.165) is 9.98 Å². The van der Waals surface area contributed by atoms with E-state index in [1.54, 1.807) is 62.6 Å². The van der Waals surface area contributed by atoms with Gasteiger partial charge in [-0.3, -0.25) is 4.72 Å². The van der Waals surface area contributed by atoms with E-state index in [2.05, 4.69) is 9.82 Å². The molecule has 11 heteroatoms. The number of hydrogen-bond acceptors (Lipinski definition) is 7. The Bertz CT molecular complexity index is 1450. The second-order valence-electron chi connectivity index (χ2n) is 8.08. The first-order chi connectivity index (χ1) is 17.2. The van der Waals surface area contributed by atoms with Gasteiger partial charge in [-0.05, 0) is 66.6 Å². The number of nitrogens with zero attached hydrogens (tertiary/aromatic N) is 2. The quantitative estimate of drug-likeness (QED) is 0.448. The van der Waals surface area contributed by atoms with E-state index in [-0.39, 0.29) is 10.6 Å². The second kappa shape index (κ2) is 10.2. The molecule has 190 valence electrons. The number of methoxy groups -OCH3 is 2. The third kappa shape index (κ3) is 5.31. The van der Waals surface area contributed by atoms with Crippen molar-refractivity contribution in [3.05, 3.63) is 83.9 Å². The van der Waals surface area contributed by atoms with Crippen LogP contribution in [0.15, 0.2) is 82.8 Å². The number of ether oxygens (including phenoxy) is 2.